The van der Waals surface area contributed by atoms with Crippen molar-refractivity contribution in [3.63, 3.8) is 0 Å². The minimum Gasteiger partial charge on any atom is -0.390 e. The Labute approximate surface area is 87.9 Å². The van der Waals surface area contributed by atoms with E-state index in [0.29, 0.717) is 5.92 Å². The maximum absolute atomic E-state index is 10.7. The van der Waals surface area contributed by atoms with Gasteiger partial charge in [0, 0.05) is 0 Å². The molecule has 0 radical (unpaired) electrons. The van der Waals surface area contributed by atoms with Crippen molar-refractivity contribution < 1.29 is 5.11 Å². The van der Waals surface area contributed by atoms with Crippen LogP contribution in [-0.4, -0.2) is 10.7 Å². The molecule has 1 N–H and O–H groups in total. The molecule has 0 heterocycles. The standard InChI is InChI=1S/C13H24O/c1-10-7-11(2)9-13(14,8-10)12-5-3-4-6-12/h10-12,14H,3-9H2,1-2H3. The molecule has 2 atom stereocenters. The lowest BCUT2D eigenvalue weighted by Crippen LogP contribution is -2.43. The van der Waals surface area contributed by atoms with Gasteiger partial charge in [0.25, 0.3) is 0 Å². The molecule has 14 heavy (non-hydrogen) atoms. The molecule has 0 saturated heterocycles. The van der Waals surface area contributed by atoms with Crippen molar-refractivity contribution in [2.75, 3.05) is 0 Å². The third-order valence-electron chi connectivity index (χ3n) is 4.32. The molecule has 0 amide bonds. The molecule has 0 aromatic heterocycles. The van der Waals surface area contributed by atoms with Gasteiger partial charge < -0.3 is 5.11 Å². The molecule has 2 aliphatic carbocycles. The fourth-order valence-corrected chi connectivity index (χ4v) is 3.94. The van der Waals surface area contributed by atoms with Crippen LogP contribution < -0.4 is 0 Å². The summed E-state index contributed by atoms with van der Waals surface area (Å²) >= 11 is 0. The Kier molecular flexibility index (Phi) is 2.88. The number of aliphatic hydroxyl groups is 1. The smallest absolute Gasteiger partial charge is 0.0680 e. The Hall–Kier alpha value is -0.0400. The van der Waals surface area contributed by atoms with Crippen molar-refractivity contribution in [1.82, 2.24) is 0 Å². The molecule has 2 unspecified atom stereocenters. The SMILES string of the molecule is CC1CC(C)CC(O)(C2CCCC2)C1. The summed E-state index contributed by atoms with van der Waals surface area (Å²) < 4.78 is 0. The minimum atomic E-state index is -0.298. The normalized spacial score (nSPS) is 45.6. The van der Waals surface area contributed by atoms with Gasteiger partial charge in [0.15, 0.2) is 0 Å². The molecule has 2 fully saturated rings. The predicted molar refractivity (Wildman–Crippen MR) is 59.1 cm³/mol. The van der Waals surface area contributed by atoms with Crippen molar-refractivity contribution in [2.45, 2.75) is 64.4 Å². The van der Waals surface area contributed by atoms with Crippen LogP contribution in [0.15, 0.2) is 0 Å². The minimum absolute atomic E-state index is 0.298. The van der Waals surface area contributed by atoms with Crippen molar-refractivity contribution >= 4 is 0 Å². The van der Waals surface area contributed by atoms with Gasteiger partial charge in [0.05, 0.1) is 5.60 Å². The van der Waals surface area contributed by atoms with E-state index in [9.17, 15) is 5.11 Å². The molecule has 2 rings (SSSR count). The fourth-order valence-electron chi connectivity index (χ4n) is 3.94. The Bertz CT molecular complexity index is 183. The van der Waals surface area contributed by atoms with Crippen LogP contribution in [0, 0.1) is 17.8 Å². The average molecular weight is 196 g/mol. The zero-order valence-corrected chi connectivity index (χ0v) is 9.63. The van der Waals surface area contributed by atoms with Crippen LogP contribution in [0.2, 0.25) is 0 Å². The molecule has 0 spiro atoms. The van der Waals surface area contributed by atoms with E-state index in [2.05, 4.69) is 13.8 Å². The van der Waals surface area contributed by atoms with Crippen LogP contribution in [0.4, 0.5) is 0 Å². The maximum Gasteiger partial charge on any atom is 0.0680 e. The van der Waals surface area contributed by atoms with Gasteiger partial charge in [-0.1, -0.05) is 26.7 Å². The van der Waals surface area contributed by atoms with Gasteiger partial charge in [0.1, 0.15) is 0 Å². The summed E-state index contributed by atoms with van der Waals surface area (Å²) in [4.78, 5) is 0. The van der Waals surface area contributed by atoms with Gasteiger partial charge in [-0.25, -0.2) is 0 Å². The van der Waals surface area contributed by atoms with Gasteiger partial charge in [-0.05, 0) is 49.9 Å². The van der Waals surface area contributed by atoms with Gasteiger partial charge >= 0.3 is 0 Å². The second-order valence-corrected chi connectivity index (χ2v) is 5.94. The fraction of sp³-hybridized carbons (Fsp3) is 1.00. The third kappa shape index (κ3) is 1.98. The number of hydrogen-bond acceptors (Lipinski definition) is 1. The quantitative estimate of drug-likeness (QED) is 0.682. The summed E-state index contributed by atoms with van der Waals surface area (Å²) in [6.07, 6.45) is 8.66. The highest BCUT2D eigenvalue weighted by Gasteiger charge is 2.42. The summed E-state index contributed by atoms with van der Waals surface area (Å²) in [7, 11) is 0. The van der Waals surface area contributed by atoms with E-state index < -0.39 is 0 Å². The second-order valence-electron chi connectivity index (χ2n) is 5.94. The largest absolute Gasteiger partial charge is 0.390 e. The summed E-state index contributed by atoms with van der Waals surface area (Å²) in [6, 6.07) is 0. The Morgan fingerprint density at radius 3 is 2.00 bits per heavy atom. The third-order valence-corrected chi connectivity index (χ3v) is 4.32. The van der Waals surface area contributed by atoms with E-state index in [0.717, 1.165) is 24.7 Å². The van der Waals surface area contributed by atoms with E-state index in [-0.39, 0.29) is 5.60 Å². The average Bonchev–Trinajstić information content (AvgIpc) is 2.52. The van der Waals surface area contributed by atoms with Gasteiger partial charge in [-0.15, -0.1) is 0 Å². The summed E-state index contributed by atoms with van der Waals surface area (Å²) in [6.45, 7) is 4.60. The van der Waals surface area contributed by atoms with Gasteiger partial charge in [-0.2, -0.15) is 0 Å². The molecule has 2 saturated carbocycles. The molecule has 0 aromatic rings. The van der Waals surface area contributed by atoms with Crippen molar-refractivity contribution in [3.05, 3.63) is 0 Å². The molecule has 2 aliphatic rings. The van der Waals surface area contributed by atoms with E-state index in [1.807, 2.05) is 0 Å². The molecule has 82 valence electrons. The molecular weight excluding hydrogens is 172 g/mol. The molecular formula is C13H24O. The maximum atomic E-state index is 10.7. The lowest BCUT2D eigenvalue weighted by atomic mass is 9.68. The van der Waals surface area contributed by atoms with Crippen molar-refractivity contribution in [3.8, 4) is 0 Å². The van der Waals surface area contributed by atoms with E-state index in [1.54, 1.807) is 0 Å². The number of rotatable bonds is 1. The van der Waals surface area contributed by atoms with E-state index in [4.69, 9.17) is 0 Å². The van der Waals surface area contributed by atoms with Crippen molar-refractivity contribution in [1.29, 1.82) is 0 Å². The monoisotopic (exact) mass is 196 g/mol. The second kappa shape index (κ2) is 3.84. The summed E-state index contributed by atoms with van der Waals surface area (Å²) in [5.41, 5.74) is -0.298. The van der Waals surface area contributed by atoms with Crippen LogP contribution >= 0.6 is 0 Å². The highest BCUT2D eigenvalue weighted by atomic mass is 16.3. The molecule has 0 aromatic carbocycles. The first-order valence-electron chi connectivity index (χ1n) is 6.32. The zero-order valence-electron chi connectivity index (χ0n) is 9.63. The van der Waals surface area contributed by atoms with Gasteiger partial charge in [0.2, 0.25) is 0 Å². The molecule has 1 nitrogen and oxygen atoms in total. The first kappa shape index (κ1) is 10.5. The topological polar surface area (TPSA) is 20.2 Å². The van der Waals surface area contributed by atoms with E-state index in [1.165, 1.54) is 32.1 Å². The highest BCUT2D eigenvalue weighted by Crippen LogP contribution is 2.45. The molecule has 1 heteroatoms. The van der Waals surface area contributed by atoms with Gasteiger partial charge in [-0.3, -0.25) is 0 Å². The highest BCUT2D eigenvalue weighted by molar-refractivity contribution is 4.94. The van der Waals surface area contributed by atoms with Crippen LogP contribution in [-0.2, 0) is 0 Å². The Morgan fingerprint density at radius 1 is 1.00 bits per heavy atom. The molecule has 0 bridgehead atoms. The lowest BCUT2D eigenvalue weighted by Gasteiger charge is -2.43. The number of hydrogen-bond donors (Lipinski definition) is 1. The Morgan fingerprint density at radius 2 is 1.50 bits per heavy atom. The van der Waals surface area contributed by atoms with Crippen LogP contribution in [0.1, 0.15) is 58.8 Å². The first-order chi connectivity index (χ1) is 6.60. The summed E-state index contributed by atoms with van der Waals surface area (Å²) in [5.74, 6) is 2.07. The Balaban J connectivity index is 2.05. The summed E-state index contributed by atoms with van der Waals surface area (Å²) in [5, 5.41) is 10.7. The van der Waals surface area contributed by atoms with Crippen LogP contribution in [0.5, 0.6) is 0 Å². The van der Waals surface area contributed by atoms with E-state index >= 15 is 0 Å². The lowest BCUT2D eigenvalue weighted by molar-refractivity contribution is -0.0755. The molecule has 0 aliphatic heterocycles. The predicted octanol–water partition coefficient (Wildman–Crippen LogP) is 3.36. The first-order valence-corrected chi connectivity index (χ1v) is 6.32. The van der Waals surface area contributed by atoms with Crippen LogP contribution in [0.3, 0.4) is 0 Å². The van der Waals surface area contributed by atoms with Crippen LogP contribution in [0.25, 0.3) is 0 Å². The zero-order chi connectivity index (χ0) is 10.2. The van der Waals surface area contributed by atoms with Crippen molar-refractivity contribution in [2.24, 2.45) is 17.8 Å².